The summed E-state index contributed by atoms with van der Waals surface area (Å²) in [7, 11) is 4.25. The van der Waals surface area contributed by atoms with Gasteiger partial charge >= 0.3 is 0 Å². The molecule has 0 aromatic heterocycles. The summed E-state index contributed by atoms with van der Waals surface area (Å²) in [5.41, 5.74) is 2.37. The molecule has 3 heteroatoms. The molecular weight excluding hydrogens is 149 g/mol. The lowest BCUT2D eigenvalue weighted by atomic mass is 9.90. The quantitative estimate of drug-likeness (QED) is 0.659. The molecular formula is C9H14BNO. The first-order valence-corrected chi connectivity index (χ1v) is 4.11. The number of hydrogen-bond donors (Lipinski definition) is 1. The number of nitrogens with zero attached hydrogens (tertiary/aromatic N) is 1. The van der Waals surface area contributed by atoms with Crippen molar-refractivity contribution < 1.29 is 5.02 Å². The van der Waals surface area contributed by atoms with Gasteiger partial charge in [-0.3, -0.25) is 0 Å². The molecule has 1 N–H and O–H groups in total. The Morgan fingerprint density at radius 1 is 1.25 bits per heavy atom. The van der Waals surface area contributed by atoms with E-state index in [4.69, 9.17) is 5.02 Å². The van der Waals surface area contributed by atoms with Gasteiger partial charge in [0.1, 0.15) is 0 Å². The molecule has 64 valence electrons. The highest BCUT2D eigenvalue weighted by atomic mass is 16.2. The molecule has 0 saturated heterocycles. The average Bonchev–Trinajstić information content (AvgIpc) is 2.06. The third-order valence-electron chi connectivity index (χ3n) is 1.85. The summed E-state index contributed by atoms with van der Waals surface area (Å²) in [4.78, 5) is 2.06. The summed E-state index contributed by atoms with van der Waals surface area (Å²) in [5.74, 6) is 0. The molecule has 0 aliphatic rings. The van der Waals surface area contributed by atoms with Crippen molar-refractivity contribution in [1.82, 2.24) is 0 Å². The van der Waals surface area contributed by atoms with E-state index in [2.05, 4.69) is 17.0 Å². The highest BCUT2D eigenvalue weighted by Crippen LogP contribution is 2.11. The topological polar surface area (TPSA) is 23.5 Å². The molecule has 2 nitrogen and oxygen atoms in total. The molecule has 0 aliphatic carbocycles. The van der Waals surface area contributed by atoms with Gasteiger partial charge in [0.2, 0.25) is 0 Å². The van der Waals surface area contributed by atoms with Crippen molar-refractivity contribution >= 4 is 13.2 Å². The van der Waals surface area contributed by atoms with E-state index in [1.54, 1.807) is 0 Å². The smallest absolute Gasteiger partial charge is 0.275 e. The molecule has 1 aromatic rings. The lowest BCUT2D eigenvalue weighted by molar-refractivity contribution is 0.600. The van der Waals surface area contributed by atoms with Gasteiger partial charge < -0.3 is 9.92 Å². The second-order valence-corrected chi connectivity index (χ2v) is 3.03. The van der Waals surface area contributed by atoms with Crippen LogP contribution in [0.3, 0.4) is 0 Å². The first kappa shape index (κ1) is 9.14. The standard InChI is InChI=1S/C9H14BNO/c1-11(2)9-5-3-8(4-6-9)7-10-12/h3-6,10,12H,7H2,1-2H3. The van der Waals surface area contributed by atoms with Gasteiger partial charge in [-0.1, -0.05) is 17.7 Å². The molecule has 0 heterocycles. The highest BCUT2D eigenvalue weighted by Gasteiger charge is 1.95. The molecule has 0 saturated carbocycles. The zero-order chi connectivity index (χ0) is 8.97. The minimum atomic E-state index is 0.224. The van der Waals surface area contributed by atoms with Crippen LogP contribution < -0.4 is 4.90 Å². The van der Waals surface area contributed by atoms with Gasteiger partial charge in [0.15, 0.2) is 0 Å². The van der Waals surface area contributed by atoms with Crippen molar-refractivity contribution in [3.05, 3.63) is 29.8 Å². The van der Waals surface area contributed by atoms with Crippen LogP contribution in [-0.2, 0) is 6.32 Å². The fraction of sp³-hybridized carbons (Fsp3) is 0.333. The Morgan fingerprint density at radius 3 is 2.25 bits per heavy atom. The molecule has 0 spiro atoms. The largest absolute Gasteiger partial charge is 0.454 e. The van der Waals surface area contributed by atoms with Gasteiger partial charge in [0.25, 0.3) is 7.48 Å². The Bertz CT molecular complexity index is 233. The number of benzene rings is 1. The van der Waals surface area contributed by atoms with E-state index in [1.165, 1.54) is 11.3 Å². The van der Waals surface area contributed by atoms with Gasteiger partial charge in [0, 0.05) is 19.8 Å². The van der Waals surface area contributed by atoms with Crippen molar-refractivity contribution in [3.8, 4) is 0 Å². The van der Waals surface area contributed by atoms with Crippen molar-refractivity contribution in [2.75, 3.05) is 19.0 Å². The molecule has 0 aliphatic heterocycles. The van der Waals surface area contributed by atoms with Crippen molar-refractivity contribution in [2.45, 2.75) is 6.32 Å². The van der Waals surface area contributed by atoms with Crippen molar-refractivity contribution in [3.63, 3.8) is 0 Å². The summed E-state index contributed by atoms with van der Waals surface area (Å²) in [6.45, 7) is 0. The predicted octanol–water partition coefficient (Wildman–Crippen LogP) is 0.596. The summed E-state index contributed by atoms with van der Waals surface area (Å²) >= 11 is 0. The fourth-order valence-corrected chi connectivity index (χ4v) is 1.09. The molecule has 0 atom stereocenters. The van der Waals surface area contributed by atoms with Crippen LogP contribution in [0.5, 0.6) is 0 Å². The van der Waals surface area contributed by atoms with Gasteiger partial charge in [-0.05, 0) is 18.5 Å². The Kier molecular flexibility index (Phi) is 3.17. The fourth-order valence-electron chi connectivity index (χ4n) is 1.09. The maximum Gasteiger partial charge on any atom is 0.275 e. The van der Waals surface area contributed by atoms with E-state index >= 15 is 0 Å². The van der Waals surface area contributed by atoms with Crippen molar-refractivity contribution in [2.24, 2.45) is 0 Å². The minimum absolute atomic E-state index is 0.224. The average molecular weight is 163 g/mol. The second-order valence-electron chi connectivity index (χ2n) is 3.03. The Balaban J connectivity index is 2.71. The van der Waals surface area contributed by atoms with E-state index in [0.29, 0.717) is 0 Å². The maximum atomic E-state index is 8.69. The highest BCUT2D eigenvalue weighted by molar-refractivity contribution is 6.24. The molecule has 0 unspecified atom stereocenters. The van der Waals surface area contributed by atoms with Gasteiger partial charge in [-0.25, -0.2) is 0 Å². The van der Waals surface area contributed by atoms with Crippen LogP contribution in [0.15, 0.2) is 24.3 Å². The number of rotatable bonds is 3. The van der Waals surface area contributed by atoms with Crippen LogP contribution in [0.1, 0.15) is 5.56 Å². The van der Waals surface area contributed by atoms with Crippen LogP contribution in [0.2, 0.25) is 0 Å². The van der Waals surface area contributed by atoms with E-state index < -0.39 is 0 Å². The Hall–Kier alpha value is -0.955. The van der Waals surface area contributed by atoms with E-state index in [9.17, 15) is 0 Å². The van der Waals surface area contributed by atoms with Crippen LogP contribution in [0, 0.1) is 0 Å². The SMILES string of the molecule is CN(C)c1ccc(CBO)cc1. The molecule has 0 bridgehead atoms. The lowest BCUT2D eigenvalue weighted by Gasteiger charge is -2.12. The van der Waals surface area contributed by atoms with E-state index in [1.807, 2.05) is 26.2 Å². The first-order valence-electron chi connectivity index (χ1n) is 4.11. The zero-order valence-corrected chi connectivity index (χ0v) is 7.62. The Morgan fingerprint density at radius 2 is 1.83 bits per heavy atom. The third-order valence-corrected chi connectivity index (χ3v) is 1.85. The first-order chi connectivity index (χ1) is 5.74. The molecule has 0 amide bonds. The number of hydrogen-bond acceptors (Lipinski definition) is 2. The molecule has 0 radical (unpaired) electrons. The normalized spacial score (nSPS) is 9.58. The van der Waals surface area contributed by atoms with Crippen LogP contribution in [0.4, 0.5) is 5.69 Å². The predicted molar refractivity (Wildman–Crippen MR) is 53.8 cm³/mol. The van der Waals surface area contributed by atoms with Crippen LogP contribution in [0.25, 0.3) is 0 Å². The summed E-state index contributed by atoms with van der Waals surface area (Å²) in [5, 5.41) is 8.69. The molecule has 0 fully saturated rings. The lowest BCUT2D eigenvalue weighted by Crippen LogP contribution is -2.08. The zero-order valence-electron chi connectivity index (χ0n) is 7.62. The van der Waals surface area contributed by atoms with Gasteiger partial charge in [-0.15, -0.1) is 0 Å². The number of anilines is 1. The van der Waals surface area contributed by atoms with E-state index in [0.717, 1.165) is 6.32 Å². The van der Waals surface area contributed by atoms with Crippen LogP contribution >= 0.6 is 0 Å². The minimum Gasteiger partial charge on any atom is -0.454 e. The maximum absolute atomic E-state index is 8.69. The summed E-state index contributed by atoms with van der Waals surface area (Å²) < 4.78 is 0. The summed E-state index contributed by atoms with van der Waals surface area (Å²) in [6.07, 6.45) is 0.744. The van der Waals surface area contributed by atoms with E-state index in [-0.39, 0.29) is 7.48 Å². The monoisotopic (exact) mass is 163 g/mol. The molecule has 1 rings (SSSR count). The van der Waals surface area contributed by atoms with Crippen molar-refractivity contribution in [1.29, 1.82) is 0 Å². The Labute approximate surface area is 74.1 Å². The summed E-state index contributed by atoms with van der Waals surface area (Å²) in [6, 6.07) is 8.22. The van der Waals surface area contributed by atoms with Crippen LogP contribution in [-0.4, -0.2) is 26.6 Å². The second kappa shape index (κ2) is 4.17. The van der Waals surface area contributed by atoms with Gasteiger partial charge in [-0.2, -0.15) is 0 Å². The third kappa shape index (κ3) is 2.27. The molecule has 12 heavy (non-hydrogen) atoms. The molecule has 1 aromatic carbocycles. The van der Waals surface area contributed by atoms with Gasteiger partial charge in [0.05, 0.1) is 0 Å².